The van der Waals surface area contributed by atoms with E-state index < -0.39 is 24.1 Å². The molecule has 0 atom stereocenters. The van der Waals surface area contributed by atoms with E-state index in [1.807, 2.05) is 0 Å². The van der Waals surface area contributed by atoms with Crippen molar-refractivity contribution in [3.63, 3.8) is 0 Å². The molecule has 1 N–H and O–H groups in total. The highest BCUT2D eigenvalue weighted by Gasteiger charge is 2.25. The Morgan fingerprint density at radius 2 is 1.84 bits per heavy atom. The van der Waals surface area contributed by atoms with Crippen LogP contribution in [0.3, 0.4) is 0 Å². The molecule has 0 aliphatic heterocycles. The summed E-state index contributed by atoms with van der Waals surface area (Å²) in [5, 5.41) is 6.27. The van der Waals surface area contributed by atoms with Gasteiger partial charge in [-0.3, -0.25) is 10.00 Å². The lowest BCUT2D eigenvalue weighted by molar-refractivity contribution is -0.0490. The van der Waals surface area contributed by atoms with Gasteiger partial charge in [-0.1, -0.05) is 0 Å². The number of nitrogens with one attached hydrogen (secondary N) is 1. The highest BCUT2D eigenvalue weighted by atomic mass is 19.3. The molecular formula is C16H18F3N3O3. The summed E-state index contributed by atoms with van der Waals surface area (Å²) in [6, 6.07) is 5.13. The molecule has 0 aliphatic rings. The van der Waals surface area contributed by atoms with E-state index in [4.69, 9.17) is 4.74 Å². The van der Waals surface area contributed by atoms with E-state index in [0.717, 1.165) is 0 Å². The Bertz CT molecular complexity index is 752. The zero-order valence-corrected chi connectivity index (χ0v) is 14.1. The van der Waals surface area contributed by atoms with E-state index in [1.54, 1.807) is 20.8 Å². The van der Waals surface area contributed by atoms with Gasteiger partial charge in [0.2, 0.25) is 5.82 Å². The van der Waals surface area contributed by atoms with Gasteiger partial charge in [0.1, 0.15) is 17.1 Å². The Kier molecular flexibility index (Phi) is 5.24. The predicted molar refractivity (Wildman–Crippen MR) is 85.1 cm³/mol. The Labute approximate surface area is 142 Å². The van der Waals surface area contributed by atoms with Crippen LogP contribution < -0.4 is 10.1 Å². The van der Waals surface area contributed by atoms with Crippen LogP contribution in [0.5, 0.6) is 5.75 Å². The number of halogens is 3. The summed E-state index contributed by atoms with van der Waals surface area (Å²) in [6.45, 7) is 1.84. The second-order valence-electron chi connectivity index (χ2n) is 6.16. The number of nitrogens with zero attached hydrogens (tertiary/aromatic N) is 2. The third-order valence-electron chi connectivity index (χ3n) is 2.95. The molecular weight excluding hydrogens is 339 g/mol. The summed E-state index contributed by atoms with van der Waals surface area (Å²) in [5.74, 6) is -1.04. The summed E-state index contributed by atoms with van der Waals surface area (Å²) >= 11 is 0. The van der Waals surface area contributed by atoms with Crippen molar-refractivity contribution < 1.29 is 27.4 Å². The van der Waals surface area contributed by atoms with Crippen molar-refractivity contribution in [3.8, 4) is 17.0 Å². The first kappa shape index (κ1) is 18.6. The number of amides is 1. The quantitative estimate of drug-likeness (QED) is 0.892. The molecule has 0 aliphatic carbocycles. The van der Waals surface area contributed by atoms with E-state index in [-0.39, 0.29) is 17.3 Å². The van der Waals surface area contributed by atoms with Crippen molar-refractivity contribution >= 4 is 11.9 Å². The predicted octanol–water partition coefficient (Wildman–Crippen LogP) is 4.17. The fraction of sp³-hybridized carbons (Fsp3) is 0.375. The number of aryl methyl sites for hydroxylation is 1. The fourth-order valence-corrected chi connectivity index (χ4v) is 2.11. The number of ether oxygens (including phenoxy) is 2. The molecule has 9 heteroatoms. The third kappa shape index (κ3) is 4.88. The molecule has 0 radical (unpaired) electrons. The number of rotatable bonds is 4. The number of aromatic nitrogens is 2. The van der Waals surface area contributed by atoms with E-state index in [9.17, 15) is 18.0 Å². The van der Waals surface area contributed by atoms with Crippen LogP contribution in [0.25, 0.3) is 11.3 Å². The van der Waals surface area contributed by atoms with Crippen molar-refractivity contribution in [3.05, 3.63) is 30.1 Å². The molecule has 25 heavy (non-hydrogen) atoms. The van der Waals surface area contributed by atoms with E-state index in [2.05, 4.69) is 15.2 Å². The number of anilines is 1. The van der Waals surface area contributed by atoms with Gasteiger partial charge in [-0.2, -0.15) is 13.9 Å². The molecule has 0 spiro atoms. The van der Waals surface area contributed by atoms with Crippen molar-refractivity contribution in [1.29, 1.82) is 0 Å². The Balaban J connectivity index is 2.42. The summed E-state index contributed by atoms with van der Waals surface area (Å²) in [4.78, 5) is 11.9. The normalized spacial score (nSPS) is 11.5. The molecule has 0 fully saturated rings. The first-order chi connectivity index (χ1) is 11.6. The first-order valence-corrected chi connectivity index (χ1v) is 7.34. The number of carbonyl (C=O) groups is 1. The molecule has 1 aromatic heterocycles. The highest BCUT2D eigenvalue weighted by Crippen LogP contribution is 2.37. The average molecular weight is 357 g/mol. The minimum Gasteiger partial charge on any atom is -0.444 e. The van der Waals surface area contributed by atoms with Gasteiger partial charge >= 0.3 is 12.7 Å². The average Bonchev–Trinajstić information content (AvgIpc) is 2.73. The largest absolute Gasteiger partial charge is 0.444 e. The van der Waals surface area contributed by atoms with Gasteiger partial charge in [-0.05, 0) is 45.0 Å². The molecule has 136 valence electrons. The van der Waals surface area contributed by atoms with Crippen LogP contribution in [0.2, 0.25) is 0 Å². The van der Waals surface area contributed by atoms with E-state index in [1.165, 1.54) is 36.0 Å². The maximum absolute atomic E-state index is 13.1. The topological polar surface area (TPSA) is 65.4 Å². The maximum atomic E-state index is 13.1. The minimum absolute atomic E-state index is 0.159. The van der Waals surface area contributed by atoms with Gasteiger partial charge in [-0.25, -0.2) is 9.18 Å². The summed E-state index contributed by atoms with van der Waals surface area (Å²) < 4.78 is 49.6. The van der Waals surface area contributed by atoms with Gasteiger partial charge < -0.3 is 9.47 Å². The molecule has 2 rings (SSSR count). The number of hydrogen-bond donors (Lipinski definition) is 1. The smallest absolute Gasteiger partial charge is 0.413 e. The monoisotopic (exact) mass is 357 g/mol. The molecule has 0 saturated carbocycles. The minimum atomic E-state index is -3.14. The van der Waals surface area contributed by atoms with Crippen LogP contribution >= 0.6 is 0 Å². The zero-order chi connectivity index (χ0) is 18.8. The SMILES string of the molecule is Cn1nc(NC(=O)OC(C)(C)C)c(OC(F)F)c1-c1ccc(F)cc1. The Morgan fingerprint density at radius 1 is 1.24 bits per heavy atom. The van der Waals surface area contributed by atoms with Gasteiger partial charge in [0.05, 0.1) is 0 Å². The summed E-state index contributed by atoms with van der Waals surface area (Å²) in [7, 11) is 1.48. The molecule has 6 nitrogen and oxygen atoms in total. The molecule has 1 heterocycles. The molecule has 1 amide bonds. The highest BCUT2D eigenvalue weighted by molar-refractivity contribution is 5.88. The van der Waals surface area contributed by atoms with Gasteiger partial charge in [0, 0.05) is 12.6 Å². The number of benzene rings is 1. The van der Waals surface area contributed by atoms with Gasteiger partial charge in [0.15, 0.2) is 5.75 Å². The molecule has 0 unspecified atom stereocenters. The second-order valence-corrected chi connectivity index (χ2v) is 6.16. The molecule has 0 saturated heterocycles. The van der Waals surface area contributed by atoms with Crippen LogP contribution in [0, 0.1) is 5.82 Å². The lowest BCUT2D eigenvalue weighted by atomic mass is 10.1. The van der Waals surface area contributed by atoms with Gasteiger partial charge in [0.25, 0.3) is 0 Å². The number of hydrogen-bond acceptors (Lipinski definition) is 4. The Morgan fingerprint density at radius 3 is 2.36 bits per heavy atom. The first-order valence-electron chi connectivity index (χ1n) is 7.34. The lowest BCUT2D eigenvalue weighted by Gasteiger charge is -2.19. The fourth-order valence-electron chi connectivity index (χ4n) is 2.11. The standard InChI is InChI=1S/C16H18F3N3O3/c1-16(2,3)25-15(23)20-13-12(24-14(18)19)11(22(4)21-13)9-5-7-10(17)8-6-9/h5-8,14H,1-4H3,(H,20,21,23). The molecule has 1 aromatic carbocycles. The summed E-state index contributed by atoms with van der Waals surface area (Å²) in [5.41, 5.74) is -0.224. The van der Waals surface area contributed by atoms with Crippen LogP contribution in [-0.4, -0.2) is 28.1 Å². The van der Waals surface area contributed by atoms with Crippen molar-refractivity contribution in [2.45, 2.75) is 33.0 Å². The number of carbonyl (C=O) groups excluding carboxylic acids is 1. The van der Waals surface area contributed by atoms with Crippen LogP contribution in [0.1, 0.15) is 20.8 Å². The second kappa shape index (κ2) is 7.04. The van der Waals surface area contributed by atoms with Gasteiger partial charge in [-0.15, -0.1) is 0 Å². The number of alkyl halides is 2. The maximum Gasteiger partial charge on any atom is 0.413 e. The van der Waals surface area contributed by atoms with Crippen molar-refractivity contribution in [2.24, 2.45) is 7.05 Å². The molecule has 2 aromatic rings. The summed E-state index contributed by atoms with van der Waals surface area (Å²) in [6.07, 6.45) is -0.865. The molecule has 0 bridgehead atoms. The van der Waals surface area contributed by atoms with Crippen LogP contribution in [0.4, 0.5) is 23.8 Å². The lowest BCUT2D eigenvalue weighted by Crippen LogP contribution is -2.27. The van der Waals surface area contributed by atoms with Crippen molar-refractivity contribution in [2.75, 3.05) is 5.32 Å². The zero-order valence-electron chi connectivity index (χ0n) is 14.1. The van der Waals surface area contributed by atoms with Crippen LogP contribution in [-0.2, 0) is 11.8 Å². The van der Waals surface area contributed by atoms with Crippen molar-refractivity contribution in [1.82, 2.24) is 9.78 Å². The third-order valence-corrected chi connectivity index (χ3v) is 2.95. The van der Waals surface area contributed by atoms with E-state index >= 15 is 0 Å². The Hall–Kier alpha value is -2.71. The van der Waals surface area contributed by atoms with E-state index in [0.29, 0.717) is 5.56 Å². The van der Waals surface area contributed by atoms with Crippen LogP contribution in [0.15, 0.2) is 24.3 Å².